The SMILES string of the molecule is CC(C#N)OC(=O)c1ccc(OCc2cscn2)cc1. The van der Waals surface area contributed by atoms with Crippen molar-refractivity contribution in [2.45, 2.75) is 19.6 Å². The van der Waals surface area contributed by atoms with Gasteiger partial charge in [0.05, 0.1) is 16.8 Å². The van der Waals surface area contributed by atoms with Crippen molar-refractivity contribution in [3.8, 4) is 11.8 Å². The molecule has 5 nitrogen and oxygen atoms in total. The molecule has 2 aromatic rings. The minimum Gasteiger partial charge on any atom is -0.487 e. The highest BCUT2D eigenvalue weighted by atomic mass is 32.1. The highest BCUT2D eigenvalue weighted by Gasteiger charge is 2.11. The van der Waals surface area contributed by atoms with Crippen molar-refractivity contribution < 1.29 is 14.3 Å². The van der Waals surface area contributed by atoms with Gasteiger partial charge in [-0.3, -0.25) is 0 Å². The van der Waals surface area contributed by atoms with Gasteiger partial charge in [-0.1, -0.05) is 0 Å². The number of hydrogen-bond acceptors (Lipinski definition) is 6. The highest BCUT2D eigenvalue weighted by Crippen LogP contribution is 2.15. The lowest BCUT2D eigenvalue weighted by Gasteiger charge is -2.07. The Kier molecular flexibility index (Phi) is 4.69. The second kappa shape index (κ2) is 6.68. The third-order valence-electron chi connectivity index (χ3n) is 2.43. The van der Waals surface area contributed by atoms with Gasteiger partial charge in [-0.05, 0) is 31.2 Å². The van der Waals surface area contributed by atoms with Crippen molar-refractivity contribution in [2.75, 3.05) is 0 Å². The number of rotatable bonds is 5. The fourth-order valence-corrected chi connectivity index (χ4v) is 1.95. The Hall–Kier alpha value is -2.39. The lowest BCUT2D eigenvalue weighted by Crippen LogP contribution is -2.12. The molecule has 0 saturated carbocycles. The van der Waals surface area contributed by atoms with Crippen molar-refractivity contribution in [3.63, 3.8) is 0 Å². The van der Waals surface area contributed by atoms with Crippen LogP contribution in [0.15, 0.2) is 35.2 Å². The number of nitrogens with zero attached hydrogens (tertiary/aromatic N) is 2. The average molecular weight is 288 g/mol. The van der Waals surface area contributed by atoms with E-state index < -0.39 is 12.1 Å². The van der Waals surface area contributed by atoms with E-state index in [-0.39, 0.29) is 0 Å². The van der Waals surface area contributed by atoms with Gasteiger partial charge in [-0.2, -0.15) is 5.26 Å². The number of nitriles is 1. The molecule has 0 spiro atoms. The zero-order valence-corrected chi connectivity index (χ0v) is 11.6. The van der Waals surface area contributed by atoms with Crippen LogP contribution in [0.5, 0.6) is 5.75 Å². The molecule has 0 amide bonds. The number of thiazole rings is 1. The zero-order valence-electron chi connectivity index (χ0n) is 10.8. The van der Waals surface area contributed by atoms with Crippen LogP contribution in [0.2, 0.25) is 0 Å². The summed E-state index contributed by atoms with van der Waals surface area (Å²) in [6.07, 6.45) is -0.761. The van der Waals surface area contributed by atoms with E-state index in [1.54, 1.807) is 29.8 Å². The van der Waals surface area contributed by atoms with Gasteiger partial charge in [0.25, 0.3) is 0 Å². The van der Waals surface area contributed by atoms with Crippen LogP contribution >= 0.6 is 11.3 Å². The molecule has 1 aromatic heterocycles. The monoisotopic (exact) mass is 288 g/mol. The van der Waals surface area contributed by atoms with E-state index in [2.05, 4.69) is 4.98 Å². The molecule has 0 aliphatic carbocycles. The molecule has 0 aliphatic heterocycles. The van der Waals surface area contributed by atoms with E-state index in [0.29, 0.717) is 17.9 Å². The van der Waals surface area contributed by atoms with E-state index in [4.69, 9.17) is 14.7 Å². The first-order chi connectivity index (χ1) is 9.69. The Morgan fingerprint density at radius 1 is 1.45 bits per heavy atom. The molecule has 0 N–H and O–H groups in total. The summed E-state index contributed by atoms with van der Waals surface area (Å²) in [5, 5.41) is 10.5. The number of hydrogen-bond donors (Lipinski definition) is 0. The van der Waals surface area contributed by atoms with Crippen LogP contribution in [0, 0.1) is 11.3 Å². The molecule has 6 heteroatoms. The Morgan fingerprint density at radius 3 is 2.80 bits per heavy atom. The normalized spacial score (nSPS) is 11.4. The van der Waals surface area contributed by atoms with Gasteiger partial charge >= 0.3 is 5.97 Å². The zero-order chi connectivity index (χ0) is 14.4. The van der Waals surface area contributed by atoms with Crippen molar-refractivity contribution >= 4 is 17.3 Å². The number of carbonyl (C=O) groups is 1. The first-order valence-corrected chi connectivity index (χ1v) is 6.84. The lowest BCUT2D eigenvalue weighted by atomic mass is 10.2. The predicted molar refractivity (Wildman–Crippen MR) is 73.4 cm³/mol. The molecule has 0 fully saturated rings. The Bertz CT molecular complexity index is 602. The van der Waals surface area contributed by atoms with Crippen LogP contribution in [-0.2, 0) is 11.3 Å². The number of carbonyl (C=O) groups excluding carboxylic acids is 1. The van der Waals surface area contributed by atoms with Crippen molar-refractivity contribution in [3.05, 3.63) is 46.4 Å². The largest absolute Gasteiger partial charge is 0.487 e. The number of benzene rings is 1. The van der Waals surface area contributed by atoms with Crippen LogP contribution in [-0.4, -0.2) is 17.1 Å². The quantitative estimate of drug-likeness (QED) is 0.791. The molecule has 2 rings (SSSR count). The molecule has 0 aliphatic rings. The van der Waals surface area contributed by atoms with Gasteiger partial charge in [0.2, 0.25) is 0 Å². The molecule has 0 bridgehead atoms. The molecule has 20 heavy (non-hydrogen) atoms. The van der Waals surface area contributed by atoms with E-state index in [9.17, 15) is 4.79 Å². The molecule has 1 atom stereocenters. The van der Waals surface area contributed by atoms with Crippen LogP contribution in [0.1, 0.15) is 23.0 Å². The Balaban J connectivity index is 1.92. The van der Waals surface area contributed by atoms with Gasteiger partial charge in [-0.25, -0.2) is 9.78 Å². The average Bonchev–Trinajstić information content (AvgIpc) is 2.98. The smallest absolute Gasteiger partial charge is 0.339 e. The minimum atomic E-state index is -0.761. The van der Waals surface area contributed by atoms with Crippen LogP contribution in [0.25, 0.3) is 0 Å². The molecule has 102 valence electrons. The minimum absolute atomic E-state index is 0.383. The maximum atomic E-state index is 11.6. The third-order valence-corrected chi connectivity index (χ3v) is 3.06. The van der Waals surface area contributed by atoms with Gasteiger partial charge in [0, 0.05) is 5.38 Å². The summed E-state index contributed by atoms with van der Waals surface area (Å²) >= 11 is 1.51. The number of ether oxygens (including phenoxy) is 2. The standard InChI is InChI=1S/C14H12N2O3S/c1-10(6-15)19-14(17)11-2-4-13(5-3-11)18-7-12-8-20-9-16-12/h2-5,8-10H,7H2,1H3. The lowest BCUT2D eigenvalue weighted by molar-refractivity contribution is 0.0435. The second-order valence-electron chi connectivity index (χ2n) is 3.97. The first kappa shape index (κ1) is 14.0. The summed E-state index contributed by atoms with van der Waals surface area (Å²) < 4.78 is 10.4. The molecule has 0 radical (unpaired) electrons. The van der Waals surface area contributed by atoms with E-state index >= 15 is 0 Å². The highest BCUT2D eigenvalue weighted by molar-refractivity contribution is 7.07. The second-order valence-corrected chi connectivity index (χ2v) is 4.69. The summed E-state index contributed by atoms with van der Waals surface area (Å²) in [7, 11) is 0. The molecular weight excluding hydrogens is 276 g/mol. The van der Waals surface area contributed by atoms with E-state index in [0.717, 1.165) is 5.69 Å². The fraction of sp³-hybridized carbons (Fsp3) is 0.214. The summed E-state index contributed by atoms with van der Waals surface area (Å²) in [6, 6.07) is 8.40. The number of esters is 1. The molecular formula is C14H12N2O3S. The molecule has 1 unspecified atom stereocenters. The van der Waals surface area contributed by atoms with Crippen molar-refractivity contribution in [1.82, 2.24) is 4.98 Å². The van der Waals surface area contributed by atoms with Gasteiger partial charge in [0.1, 0.15) is 18.4 Å². The van der Waals surface area contributed by atoms with Crippen LogP contribution in [0.3, 0.4) is 0 Å². The summed E-state index contributed by atoms with van der Waals surface area (Å²) in [4.78, 5) is 15.8. The maximum absolute atomic E-state index is 11.6. The molecule has 0 saturated heterocycles. The van der Waals surface area contributed by atoms with Crippen molar-refractivity contribution in [2.24, 2.45) is 0 Å². The molecule has 1 heterocycles. The summed E-state index contributed by atoms with van der Waals surface area (Å²) in [5.74, 6) is 0.119. The maximum Gasteiger partial charge on any atom is 0.339 e. The number of aromatic nitrogens is 1. The van der Waals surface area contributed by atoms with E-state index in [1.807, 2.05) is 11.4 Å². The van der Waals surface area contributed by atoms with E-state index in [1.165, 1.54) is 18.3 Å². The van der Waals surface area contributed by atoms with Gasteiger partial charge in [-0.15, -0.1) is 11.3 Å². The van der Waals surface area contributed by atoms with Crippen LogP contribution in [0.4, 0.5) is 0 Å². The van der Waals surface area contributed by atoms with Crippen LogP contribution < -0.4 is 4.74 Å². The predicted octanol–water partition coefficient (Wildman–Crippen LogP) is 2.79. The first-order valence-electron chi connectivity index (χ1n) is 5.89. The third kappa shape index (κ3) is 3.80. The van der Waals surface area contributed by atoms with Crippen molar-refractivity contribution in [1.29, 1.82) is 5.26 Å². The van der Waals surface area contributed by atoms with Gasteiger partial charge < -0.3 is 9.47 Å². The summed E-state index contributed by atoms with van der Waals surface area (Å²) in [6.45, 7) is 1.90. The van der Waals surface area contributed by atoms with Gasteiger partial charge in [0.15, 0.2) is 6.10 Å². The fourth-order valence-electron chi connectivity index (χ4n) is 1.41. The Morgan fingerprint density at radius 2 is 2.20 bits per heavy atom. The summed E-state index contributed by atoms with van der Waals surface area (Å²) in [5.41, 5.74) is 2.99. The topological polar surface area (TPSA) is 72.2 Å². The molecule has 1 aromatic carbocycles. The Labute approximate surface area is 120 Å².